The van der Waals surface area contributed by atoms with E-state index in [0.717, 1.165) is 50.4 Å². The molecule has 1 unspecified atom stereocenters. The van der Waals surface area contributed by atoms with Crippen LogP contribution in [0.4, 0.5) is 10.5 Å². The number of benzene rings is 2. The maximum atomic E-state index is 13.4. The summed E-state index contributed by atoms with van der Waals surface area (Å²) in [5, 5.41) is 8.19. The highest BCUT2D eigenvalue weighted by Gasteiger charge is 2.29. The number of piperidine rings is 1. The summed E-state index contributed by atoms with van der Waals surface area (Å²) in [6.07, 6.45) is 2.40. The Morgan fingerprint density at radius 1 is 0.943 bits per heavy atom. The zero-order valence-corrected chi connectivity index (χ0v) is 21.2. The summed E-state index contributed by atoms with van der Waals surface area (Å²) in [6, 6.07) is 13.8. The molecule has 0 bridgehead atoms. The highest BCUT2D eigenvalue weighted by molar-refractivity contribution is 6.30. The Morgan fingerprint density at radius 3 is 2.26 bits per heavy atom. The minimum absolute atomic E-state index is 0.252. The van der Waals surface area contributed by atoms with E-state index in [1.54, 1.807) is 24.3 Å². The van der Waals surface area contributed by atoms with Gasteiger partial charge in [0.15, 0.2) is 0 Å². The van der Waals surface area contributed by atoms with Crippen molar-refractivity contribution in [2.75, 3.05) is 51.6 Å². The summed E-state index contributed by atoms with van der Waals surface area (Å²) < 4.78 is 0. The minimum Gasteiger partial charge on any atom is -0.322 e. The van der Waals surface area contributed by atoms with Crippen LogP contribution >= 0.6 is 11.6 Å². The minimum atomic E-state index is -0.824. The van der Waals surface area contributed by atoms with Crippen LogP contribution in [-0.4, -0.2) is 79.1 Å². The number of hydrogen-bond acceptors (Lipinski definition) is 5. The fourth-order valence-electron chi connectivity index (χ4n) is 4.81. The number of rotatable bonds is 6. The lowest BCUT2D eigenvalue weighted by molar-refractivity contribution is -0.129. The number of amides is 3. The van der Waals surface area contributed by atoms with Gasteiger partial charge < -0.3 is 15.5 Å². The van der Waals surface area contributed by atoms with Gasteiger partial charge >= 0.3 is 6.03 Å². The Hall–Kier alpha value is -2.65. The average Bonchev–Trinajstić information content (AvgIpc) is 2.85. The Morgan fingerprint density at radius 2 is 1.60 bits per heavy atom. The number of nitrogens with zero attached hydrogens (tertiary/aromatic N) is 3. The molecule has 0 aromatic heterocycles. The molecule has 0 spiro atoms. The Balaban J connectivity index is 1.37. The molecule has 3 amide bonds. The maximum Gasteiger partial charge on any atom is 0.320 e. The number of urea groups is 1. The molecule has 0 radical (unpaired) electrons. The third-order valence-corrected chi connectivity index (χ3v) is 7.18. The fourth-order valence-corrected chi connectivity index (χ4v) is 4.93. The van der Waals surface area contributed by atoms with Crippen molar-refractivity contribution in [1.82, 2.24) is 25.6 Å². The molecule has 35 heavy (non-hydrogen) atoms. The largest absolute Gasteiger partial charge is 0.322 e. The molecule has 2 aromatic rings. The van der Waals surface area contributed by atoms with Crippen molar-refractivity contribution in [2.24, 2.45) is 0 Å². The standard InChI is InChI=1S/C26H35ClN6O2/c1-19-5-3-4-6-23(19)24(29-26(35)28-21-9-7-20(27)8-10-21)25(34)30-33-17-15-32(16-18-33)22-11-13-31(2)14-12-22/h3-10,22,24H,11-18H2,1-2H3,(H,30,34)(H2,28,29,35). The molecule has 4 rings (SSSR count). The van der Waals surface area contributed by atoms with Crippen molar-refractivity contribution in [3.8, 4) is 0 Å². The maximum absolute atomic E-state index is 13.4. The summed E-state index contributed by atoms with van der Waals surface area (Å²) in [7, 11) is 2.18. The van der Waals surface area contributed by atoms with E-state index in [1.807, 2.05) is 36.2 Å². The van der Waals surface area contributed by atoms with Crippen molar-refractivity contribution in [3.63, 3.8) is 0 Å². The van der Waals surface area contributed by atoms with Crippen LogP contribution in [0.25, 0.3) is 0 Å². The van der Waals surface area contributed by atoms with Gasteiger partial charge in [0.25, 0.3) is 5.91 Å². The van der Waals surface area contributed by atoms with E-state index in [2.05, 4.69) is 32.9 Å². The van der Waals surface area contributed by atoms with E-state index < -0.39 is 12.1 Å². The van der Waals surface area contributed by atoms with Gasteiger partial charge in [-0.3, -0.25) is 15.1 Å². The van der Waals surface area contributed by atoms with Crippen LogP contribution in [0.3, 0.4) is 0 Å². The number of piperazine rings is 1. The number of aryl methyl sites for hydroxylation is 1. The van der Waals surface area contributed by atoms with E-state index in [-0.39, 0.29) is 5.91 Å². The lowest BCUT2D eigenvalue weighted by Gasteiger charge is -2.42. The third kappa shape index (κ3) is 6.95. The van der Waals surface area contributed by atoms with Crippen molar-refractivity contribution >= 4 is 29.2 Å². The topological polar surface area (TPSA) is 79.9 Å². The second kappa shape index (κ2) is 11.9. The predicted molar refractivity (Wildman–Crippen MR) is 139 cm³/mol. The summed E-state index contributed by atoms with van der Waals surface area (Å²) in [6.45, 7) is 7.59. The number of likely N-dealkylation sites (tertiary alicyclic amines) is 1. The lowest BCUT2D eigenvalue weighted by atomic mass is 10.0. The van der Waals surface area contributed by atoms with Gasteiger partial charge in [0, 0.05) is 42.9 Å². The van der Waals surface area contributed by atoms with Gasteiger partial charge in [-0.05, 0) is 75.3 Å². The van der Waals surface area contributed by atoms with Gasteiger partial charge in [0.2, 0.25) is 0 Å². The number of carbonyl (C=O) groups is 2. The second-order valence-electron chi connectivity index (χ2n) is 9.43. The Kier molecular flexibility index (Phi) is 8.62. The van der Waals surface area contributed by atoms with Gasteiger partial charge in [-0.25, -0.2) is 9.80 Å². The molecule has 2 heterocycles. The quantitative estimate of drug-likeness (QED) is 0.569. The molecular weight excluding hydrogens is 464 g/mol. The van der Waals surface area contributed by atoms with Crippen LogP contribution in [0.2, 0.25) is 5.02 Å². The zero-order chi connectivity index (χ0) is 24.8. The number of carbonyl (C=O) groups excluding carboxylic acids is 2. The zero-order valence-electron chi connectivity index (χ0n) is 20.5. The molecule has 0 saturated carbocycles. The predicted octanol–water partition coefficient (Wildman–Crippen LogP) is 3.25. The second-order valence-corrected chi connectivity index (χ2v) is 9.86. The van der Waals surface area contributed by atoms with E-state index in [1.165, 1.54) is 12.8 Å². The summed E-state index contributed by atoms with van der Waals surface area (Å²) >= 11 is 5.93. The number of hydrazine groups is 1. The van der Waals surface area contributed by atoms with Crippen molar-refractivity contribution in [3.05, 3.63) is 64.7 Å². The molecule has 8 nitrogen and oxygen atoms in total. The first kappa shape index (κ1) is 25.4. The lowest BCUT2D eigenvalue weighted by Crippen LogP contribution is -2.58. The monoisotopic (exact) mass is 498 g/mol. The number of anilines is 1. The Labute approximate surface area is 212 Å². The van der Waals surface area contributed by atoms with Gasteiger partial charge in [-0.2, -0.15) is 0 Å². The van der Waals surface area contributed by atoms with Crippen LogP contribution in [0.1, 0.15) is 30.0 Å². The molecule has 3 N–H and O–H groups in total. The van der Waals surface area contributed by atoms with Crippen LogP contribution in [0.15, 0.2) is 48.5 Å². The molecule has 2 fully saturated rings. The molecule has 2 saturated heterocycles. The number of halogens is 1. The molecule has 2 aliphatic heterocycles. The SMILES string of the molecule is Cc1ccccc1C(NC(=O)Nc1ccc(Cl)cc1)C(=O)NN1CCN(C2CCN(C)CC2)CC1. The van der Waals surface area contributed by atoms with Gasteiger partial charge in [-0.15, -0.1) is 0 Å². The molecule has 0 aliphatic carbocycles. The van der Waals surface area contributed by atoms with Crippen LogP contribution in [0, 0.1) is 6.92 Å². The molecular formula is C26H35ClN6O2. The Bertz CT molecular complexity index is 1000. The van der Waals surface area contributed by atoms with Gasteiger partial charge in [0.1, 0.15) is 6.04 Å². The fraction of sp³-hybridized carbons (Fsp3) is 0.462. The van der Waals surface area contributed by atoms with Crippen molar-refractivity contribution < 1.29 is 9.59 Å². The van der Waals surface area contributed by atoms with Gasteiger partial charge in [-0.1, -0.05) is 35.9 Å². The van der Waals surface area contributed by atoms with Crippen LogP contribution in [-0.2, 0) is 4.79 Å². The van der Waals surface area contributed by atoms with Crippen LogP contribution < -0.4 is 16.1 Å². The van der Waals surface area contributed by atoms with Crippen LogP contribution in [0.5, 0.6) is 0 Å². The smallest absolute Gasteiger partial charge is 0.320 e. The first-order valence-corrected chi connectivity index (χ1v) is 12.6. The molecule has 1 atom stereocenters. The molecule has 2 aromatic carbocycles. The molecule has 188 valence electrons. The highest BCUT2D eigenvalue weighted by atomic mass is 35.5. The van der Waals surface area contributed by atoms with Crippen molar-refractivity contribution in [2.45, 2.75) is 31.8 Å². The van der Waals surface area contributed by atoms with E-state index >= 15 is 0 Å². The first-order chi connectivity index (χ1) is 16.9. The average molecular weight is 499 g/mol. The molecule has 9 heteroatoms. The normalized spacial score (nSPS) is 19.2. The third-order valence-electron chi connectivity index (χ3n) is 6.93. The van der Waals surface area contributed by atoms with E-state index in [9.17, 15) is 9.59 Å². The molecule has 2 aliphatic rings. The van der Waals surface area contributed by atoms with Crippen molar-refractivity contribution in [1.29, 1.82) is 0 Å². The number of hydrogen-bond donors (Lipinski definition) is 3. The number of nitrogens with one attached hydrogen (secondary N) is 3. The highest BCUT2D eigenvalue weighted by Crippen LogP contribution is 2.20. The van der Waals surface area contributed by atoms with Gasteiger partial charge in [0.05, 0.1) is 0 Å². The summed E-state index contributed by atoms with van der Waals surface area (Å²) in [5.74, 6) is -0.252. The van der Waals surface area contributed by atoms with E-state index in [0.29, 0.717) is 16.8 Å². The van der Waals surface area contributed by atoms with E-state index in [4.69, 9.17) is 11.6 Å². The summed E-state index contributed by atoms with van der Waals surface area (Å²) in [4.78, 5) is 31.1. The summed E-state index contributed by atoms with van der Waals surface area (Å²) in [5.41, 5.74) is 5.35. The first-order valence-electron chi connectivity index (χ1n) is 12.3.